The fourth-order valence-electron chi connectivity index (χ4n) is 2.67. The number of carbonyl (C=O) groups is 1. The largest absolute Gasteiger partial charge is 0.338 e. The van der Waals surface area contributed by atoms with E-state index in [4.69, 9.17) is 0 Å². The number of hydrogen-bond acceptors (Lipinski definition) is 3. The van der Waals surface area contributed by atoms with Crippen LogP contribution in [0.1, 0.15) is 27.6 Å². The normalized spacial score (nSPS) is 18.7. The summed E-state index contributed by atoms with van der Waals surface area (Å²) in [5.74, 6) is 0.856. The van der Waals surface area contributed by atoms with Crippen molar-refractivity contribution in [1.82, 2.24) is 9.88 Å². The number of nitrogens with zero attached hydrogens (tertiary/aromatic N) is 1. The SMILES string of the molecule is O=C(c1cc[nH]c(=O)c1)N1CCSC(c2ccccc2)CC1. The molecule has 1 atom stereocenters. The molecule has 1 unspecified atom stereocenters. The lowest BCUT2D eigenvalue weighted by Crippen LogP contribution is -2.33. The zero-order valence-corrected chi connectivity index (χ0v) is 13.0. The second-order valence-corrected chi connectivity index (χ2v) is 6.60. The summed E-state index contributed by atoms with van der Waals surface area (Å²) in [5, 5.41) is 0.429. The first-order chi connectivity index (χ1) is 10.7. The zero-order chi connectivity index (χ0) is 15.4. The fraction of sp³-hybridized carbons (Fsp3) is 0.294. The van der Waals surface area contributed by atoms with Crippen LogP contribution in [0.4, 0.5) is 0 Å². The molecule has 1 N–H and O–H groups in total. The molecule has 4 nitrogen and oxygen atoms in total. The zero-order valence-electron chi connectivity index (χ0n) is 12.2. The number of rotatable bonds is 2. The summed E-state index contributed by atoms with van der Waals surface area (Å²) in [5.41, 5.74) is 1.54. The van der Waals surface area contributed by atoms with Gasteiger partial charge in [-0.2, -0.15) is 11.8 Å². The number of nitrogens with one attached hydrogen (secondary N) is 1. The maximum atomic E-state index is 12.5. The molecule has 114 valence electrons. The van der Waals surface area contributed by atoms with Crippen LogP contribution in [0.3, 0.4) is 0 Å². The number of aromatic amines is 1. The molecule has 1 aliphatic heterocycles. The number of pyridine rings is 1. The van der Waals surface area contributed by atoms with Crippen molar-refractivity contribution < 1.29 is 4.79 Å². The van der Waals surface area contributed by atoms with Gasteiger partial charge in [0.2, 0.25) is 5.56 Å². The van der Waals surface area contributed by atoms with Gasteiger partial charge in [-0.3, -0.25) is 9.59 Å². The van der Waals surface area contributed by atoms with Crippen LogP contribution >= 0.6 is 11.8 Å². The third kappa shape index (κ3) is 3.42. The Morgan fingerprint density at radius 1 is 1.18 bits per heavy atom. The average molecular weight is 314 g/mol. The van der Waals surface area contributed by atoms with Gasteiger partial charge in [0.05, 0.1) is 0 Å². The highest BCUT2D eigenvalue weighted by Gasteiger charge is 2.22. The minimum Gasteiger partial charge on any atom is -0.338 e. The van der Waals surface area contributed by atoms with Gasteiger partial charge in [0, 0.05) is 41.9 Å². The summed E-state index contributed by atoms with van der Waals surface area (Å²) in [4.78, 5) is 28.3. The van der Waals surface area contributed by atoms with E-state index in [1.54, 1.807) is 6.07 Å². The van der Waals surface area contributed by atoms with Gasteiger partial charge >= 0.3 is 0 Å². The Morgan fingerprint density at radius 2 is 2.00 bits per heavy atom. The topological polar surface area (TPSA) is 53.2 Å². The summed E-state index contributed by atoms with van der Waals surface area (Å²) in [7, 11) is 0. The van der Waals surface area contributed by atoms with Gasteiger partial charge in [0.25, 0.3) is 5.91 Å². The standard InChI is InChI=1S/C17H18N2O2S/c20-16-12-14(6-8-18-16)17(21)19-9-7-15(22-11-10-19)13-4-2-1-3-5-13/h1-6,8,12,15H,7,9-11H2,(H,18,20). The molecule has 0 aliphatic carbocycles. The smallest absolute Gasteiger partial charge is 0.254 e. The number of aromatic nitrogens is 1. The van der Waals surface area contributed by atoms with Crippen LogP contribution in [0.5, 0.6) is 0 Å². The van der Waals surface area contributed by atoms with Gasteiger partial charge in [-0.15, -0.1) is 0 Å². The number of carbonyl (C=O) groups excluding carboxylic acids is 1. The van der Waals surface area contributed by atoms with Crippen molar-refractivity contribution in [3.05, 3.63) is 70.1 Å². The first-order valence-electron chi connectivity index (χ1n) is 7.38. The van der Waals surface area contributed by atoms with E-state index < -0.39 is 0 Å². The van der Waals surface area contributed by atoms with E-state index in [1.165, 1.54) is 17.8 Å². The van der Waals surface area contributed by atoms with Crippen molar-refractivity contribution in [2.75, 3.05) is 18.8 Å². The van der Waals surface area contributed by atoms with E-state index in [1.807, 2.05) is 22.7 Å². The van der Waals surface area contributed by atoms with Crippen molar-refractivity contribution in [3.63, 3.8) is 0 Å². The van der Waals surface area contributed by atoms with Crippen LogP contribution in [0.2, 0.25) is 0 Å². The first-order valence-corrected chi connectivity index (χ1v) is 8.43. The molecule has 1 aromatic heterocycles. The molecular weight excluding hydrogens is 296 g/mol. The lowest BCUT2D eigenvalue weighted by atomic mass is 10.1. The Labute approximate surface area is 133 Å². The Kier molecular flexibility index (Phi) is 4.63. The Balaban J connectivity index is 1.70. The molecule has 1 saturated heterocycles. The number of amides is 1. The lowest BCUT2D eigenvalue weighted by molar-refractivity contribution is 0.0766. The van der Waals surface area contributed by atoms with Crippen LogP contribution in [0, 0.1) is 0 Å². The molecule has 0 saturated carbocycles. The molecular formula is C17H18N2O2S. The number of benzene rings is 1. The lowest BCUT2D eigenvalue weighted by Gasteiger charge is -2.20. The first kappa shape index (κ1) is 14.9. The van der Waals surface area contributed by atoms with Gasteiger partial charge in [-0.05, 0) is 18.1 Å². The van der Waals surface area contributed by atoms with E-state index >= 15 is 0 Å². The molecule has 0 bridgehead atoms. The predicted molar refractivity (Wildman–Crippen MR) is 89.2 cm³/mol. The van der Waals surface area contributed by atoms with Crippen LogP contribution in [-0.4, -0.2) is 34.6 Å². The van der Waals surface area contributed by atoms with E-state index in [0.29, 0.717) is 10.8 Å². The minimum absolute atomic E-state index is 0.0552. The van der Waals surface area contributed by atoms with E-state index in [2.05, 4.69) is 29.2 Å². The van der Waals surface area contributed by atoms with Gasteiger partial charge in [0.1, 0.15) is 0 Å². The molecule has 1 aliphatic rings. The van der Waals surface area contributed by atoms with Gasteiger partial charge in [-0.1, -0.05) is 30.3 Å². The third-order valence-electron chi connectivity index (χ3n) is 3.82. The molecule has 5 heteroatoms. The molecule has 1 aromatic carbocycles. The van der Waals surface area contributed by atoms with Crippen molar-refractivity contribution in [2.45, 2.75) is 11.7 Å². The van der Waals surface area contributed by atoms with Crippen LogP contribution in [0.25, 0.3) is 0 Å². The fourth-order valence-corrected chi connectivity index (χ4v) is 3.90. The average Bonchev–Trinajstić information content (AvgIpc) is 2.81. The van der Waals surface area contributed by atoms with Crippen LogP contribution in [-0.2, 0) is 0 Å². The molecule has 0 spiro atoms. The molecule has 1 fully saturated rings. The Bertz CT molecular complexity index is 699. The second-order valence-electron chi connectivity index (χ2n) is 5.29. The quantitative estimate of drug-likeness (QED) is 0.927. The monoisotopic (exact) mass is 314 g/mol. The van der Waals surface area contributed by atoms with Crippen molar-refractivity contribution in [1.29, 1.82) is 0 Å². The summed E-state index contributed by atoms with van der Waals surface area (Å²) in [6.07, 6.45) is 2.46. The van der Waals surface area contributed by atoms with Crippen molar-refractivity contribution in [3.8, 4) is 0 Å². The number of hydrogen-bond donors (Lipinski definition) is 1. The maximum Gasteiger partial charge on any atom is 0.254 e. The summed E-state index contributed by atoms with van der Waals surface area (Å²) >= 11 is 1.89. The van der Waals surface area contributed by atoms with E-state index in [-0.39, 0.29) is 11.5 Å². The summed E-state index contributed by atoms with van der Waals surface area (Å²) < 4.78 is 0. The van der Waals surface area contributed by atoms with E-state index in [9.17, 15) is 9.59 Å². The predicted octanol–water partition coefficient (Wildman–Crippen LogP) is 2.70. The van der Waals surface area contributed by atoms with E-state index in [0.717, 1.165) is 25.3 Å². The molecule has 1 amide bonds. The highest BCUT2D eigenvalue weighted by molar-refractivity contribution is 7.99. The van der Waals surface area contributed by atoms with Crippen LogP contribution < -0.4 is 5.56 Å². The van der Waals surface area contributed by atoms with Crippen molar-refractivity contribution in [2.24, 2.45) is 0 Å². The summed E-state index contributed by atoms with van der Waals surface area (Å²) in [6.45, 7) is 1.44. The molecule has 2 heterocycles. The minimum atomic E-state index is -0.239. The molecule has 22 heavy (non-hydrogen) atoms. The molecule has 2 aromatic rings. The van der Waals surface area contributed by atoms with Crippen LogP contribution in [0.15, 0.2) is 53.5 Å². The molecule has 0 radical (unpaired) electrons. The molecule has 3 rings (SSSR count). The third-order valence-corrected chi connectivity index (χ3v) is 5.15. The van der Waals surface area contributed by atoms with Gasteiger partial charge in [0.15, 0.2) is 0 Å². The summed E-state index contributed by atoms with van der Waals surface area (Å²) in [6, 6.07) is 13.5. The van der Waals surface area contributed by atoms with Gasteiger partial charge in [-0.25, -0.2) is 0 Å². The highest BCUT2D eigenvalue weighted by Crippen LogP contribution is 2.34. The highest BCUT2D eigenvalue weighted by atomic mass is 32.2. The number of H-pyrrole nitrogens is 1. The van der Waals surface area contributed by atoms with Crippen molar-refractivity contribution >= 4 is 17.7 Å². The maximum absolute atomic E-state index is 12.5. The second kappa shape index (κ2) is 6.83. The number of thioether (sulfide) groups is 1. The Morgan fingerprint density at radius 3 is 2.77 bits per heavy atom. The Hall–Kier alpha value is -2.01. The van der Waals surface area contributed by atoms with Gasteiger partial charge < -0.3 is 9.88 Å².